The van der Waals surface area contributed by atoms with E-state index in [0.29, 0.717) is 11.3 Å². The predicted molar refractivity (Wildman–Crippen MR) is 64.8 cm³/mol. The van der Waals surface area contributed by atoms with E-state index in [9.17, 15) is 0 Å². The van der Waals surface area contributed by atoms with Crippen LogP contribution in [0.2, 0.25) is 0 Å². The van der Waals surface area contributed by atoms with Crippen LogP contribution in [0.1, 0.15) is 45.1 Å². The molecule has 0 bridgehead atoms. The number of nitrogens with two attached hydrogens (primary N) is 1. The number of rotatable bonds is 3. The second kappa shape index (κ2) is 3.34. The molecule has 1 aromatic carbocycles. The lowest BCUT2D eigenvalue weighted by Crippen LogP contribution is -2.45. The van der Waals surface area contributed by atoms with E-state index in [1.54, 1.807) is 0 Å². The molecule has 2 rings (SSSR count). The zero-order valence-corrected chi connectivity index (χ0v) is 9.96. The van der Waals surface area contributed by atoms with Gasteiger partial charge in [-0.05, 0) is 43.6 Å². The van der Waals surface area contributed by atoms with Crippen molar-refractivity contribution in [3.8, 4) is 0 Å². The Morgan fingerprint density at radius 3 is 2.13 bits per heavy atom. The Morgan fingerprint density at radius 2 is 1.73 bits per heavy atom. The molecular weight excluding hydrogens is 182 g/mol. The topological polar surface area (TPSA) is 26.0 Å². The van der Waals surface area contributed by atoms with Gasteiger partial charge in [-0.3, -0.25) is 0 Å². The monoisotopic (exact) mass is 203 g/mol. The lowest BCUT2D eigenvalue weighted by Gasteiger charge is -2.36. The first kappa shape index (κ1) is 10.7. The highest BCUT2D eigenvalue weighted by molar-refractivity contribution is 5.27. The molecule has 0 saturated heterocycles. The molecule has 0 radical (unpaired) electrons. The summed E-state index contributed by atoms with van der Waals surface area (Å²) in [5.74, 6) is 0.568. The van der Waals surface area contributed by atoms with Gasteiger partial charge in [-0.1, -0.05) is 37.3 Å². The largest absolute Gasteiger partial charge is 0.325 e. The highest BCUT2D eigenvalue weighted by Gasteiger charge is 2.56. The summed E-state index contributed by atoms with van der Waals surface area (Å²) >= 11 is 0. The Hall–Kier alpha value is -0.820. The van der Waals surface area contributed by atoms with Gasteiger partial charge in [0, 0.05) is 5.54 Å². The smallest absolute Gasteiger partial charge is 0.0159 e. The van der Waals surface area contributed by atoms with Crippen LogP contribution in [0, 0.1) is 5.41 Å². The third-order valence-electron chi connectivity index (χ3n) is 4.20. The van der Waals surface area contributed by atoms with Gasteiger partial charge in [-0.15, -0.1) is 0 Å². The lowest BCUT2D eigenvalue weighted by atomic mass is 9.73. The van der Waals surface area contributed by atoms with Crippen molar-refractivity contribution in [1.82, 2.24) is 0 Å². The SMILES string of the molecule is CC(c1ccccc1)C1(C(C)(C)N)CC1. The molecule has 0 aliphatic heterocycles. The lowest BCUT2D eigenvalue weighted by molar-refractivity contribution is 0.252. The average molecular weight is 203 g/mol. The summed E-state index contributed by atoms with van der Waals surface area (Å²) in [7, 11) is 0. The zero-order chi connectivity index (χ0) is 11.1. The van der Waals surface area contributed by atoms with Crippen molar-refractivity contribution in [2.24, 2.45) is 11.1 Å². The van der Waals surface area contributed by atoms with Crippen molar-refractivity contribution in [1.29, 1.82) is 0 Å². The second-order valence-corrected chi connectivity index (χ2v) is 5.51. The van der Waals surface area contributed by atoms with E-state index in [0.717, 1.165) is 0 Å². The Kier molecular flexibility index (Phi) is 2.38. The fourth-order valence-electron chi connectivity index (χ4n) is 2.83. The van der Waals surface area contributed by atoms with Gasteiger partial charge < -0.3 is 5.73 Å². The highest BCUT2D eigenvalue weighted by Crippen LogP contribution is 2.61. The van der Waals surface area contributed by atoms with Crippen molar-refractivity contribution in [3.63, 3.8) is 0 Å². The Morgan fingerprint density at radius 1 is 1.20 bits per heavy atom. The van der Waals surface area contributed by atoms with Crippen molar-refractivity contribution in [3.05, 3.63) is 35.9 Å². The van der Waals surface area contributed by atoms with E-state index in [-0.39, 0.29) is 5.54 Å². The van der Waals surface area contributed by atoms with Crippen molar-refractivity contribution >= 4 is 0 Å². The minimum atomic E-state index is -0.0672. The van der Waals surface area contributed by atoms with E-state index in [1.807, 2.05) is 0 Å². The number of hydrogen-bond acceptors (Lipinski definition) is 1. The molecule has 0 spiro atoms. The van der Waals surface area contributed by atoms with Gasteiger partial charge in [0.05, 0.1) is 0 Å². The summed E-state index contributed by atoms with van der Waals surface area (Å²) in [5, 5.41) is 0. The molecule has 1 aromatic rings. The van der Waals surface area contributed by atoms with E-state index in [1.165, 1.54) is 18.4 Å². The number of benzene rings is 1. The fraction of sp³-hybridized carbons (Fsp3) is 0.571. The van der Waals surface area contributed by atoms with Crippen LogP contribution in [0.3, 0.4) is 0 Å². The third kappa shape index (κ3) is 1.69. The Balaban J connectivity index is 2.26. The van der Waals surface area contributed by atoms with Crippen LogP contribution in [0.15, 0.2) is 30.3 Å². The first-order valence-corrected chi connectivity index (χ1v) is 5.81. The van der Waals surface area contributed by atoms with Gasteiger partial charge in [0.1, 0.15) is 0 Å². The first-order chi connectivity index (χ1) is 6.97. The maximum Gasteiger partial charge on any atom is 0.0159 e. The molecule has 0 aromatic heterocycles. The summed E-state index contributed by atoms with van der Waals surface area (Å²) in [4.78, 5) is 0. The second-order valence-electron chi connectivity index (χ2n) is 5.51. The fourth-order valence-corrected chi connectivity index (χ4v) is 2.83. The summed E-state index contributed by atoms with van der Waals surface area (Å²) in [6, 6.07) is 10.7. The quantitative estimate of drug-likeness (QED) is 0.801. The molecule has 1 fully saturated rings. The molecule has 1 atom stereocenters. The van der Waals surface area contributed by atoms with Crippen LogP contribution < -0.4 is 5.73 Å². The number of hydrogen-bond donors (Lipinski definition) is 1. The molecule has 1 saturated carbocycles. The maximum absolute atomic E-state index is 6.31. The van der Waals surface area contributed by atoms with Crippen LogP contribution in [-0.4, -0.2) is 5.54 Å². The van der Waals surface area contributed by atoms with Crippen LogP contribution in [-0.2, 0) is 0 Å². The molecule has 2 N–H and O–H groups in total. The molecule has 1 unspecified atom stereocenters. The third-order valence-corrected chi connectivity index (χ3v) is 4.20. The van der Waals surface area contributed by atoms with Gasteiger partial charge in [-0.2, -0.15) is 0 Å². The van der Waals surface area contributed by atoms with Crippen LogP contribution in [0.5, 0.6) is 0 Å². The van der Waals surface area contributed by atoms with Gasteiger partial charge in [0.25, 0.3) is 0 Å². The minimum absolute atomic E-state index is 0.0672. The van der Waals surface area contributed by atoms with E-state index in [4.69, 9.17) is 5.73 Å². The summed E-state index contributed by atoms with van der Waals surface area (Å²) < 4.78 is 0. The molecule has 15 heavy (non-hydrogen) atoms. The first-order valence-electron chi connectivity index (χ1n) is 5.81. The van der Waals surface area contributed by atoms with Crippen molar-refractivity contribution < 1.29 is 0 Å². The predicted octanol–water partition coefficient (Wildman–Crippen LogP) is 3.31. The van der Waals surface area contributed by atoms with Crippen LogP contribution >= 0.6 is 0 Å². The van der Waals surface area contributed by atoms with Gasteiger partial charge in [-0.25, -0.2) is 0 Å². The Labute approximate surface area is 92.7 Å². The summed E-state index contributed by atoms with van der Waals surface area (Å²) in [6.45, 7) is 6.65. The van der Waals surface area contributed by atoms with Crippen molar-refractivity contribution in [2.75, 3.05) is 0 Å². The molecule has 0 amide bonds. The van der Waals surface area contributed by atoms with Crippen LogP contribution in [0.4, 0.5) is 0 Å². The van der Waals surface area contributed by atoms with Gasteiger partial charge >= 0.3 is 0 Å². The van der Waals surface area contributed by atoms with E-state index >= 15 is 0 Å². The molecule has 1 nitrogen and oxygen atoms in total. The standard InChI is InChI=1S/C14H21N/c1-11(12-7-5-4-6-8-12)14(9-10-14)13(2,3)15/h4-8,11H,9-10,15H2,1-3H3. The summed E-state index contributed by atoms with van der Waals surface area (Å²) in [5.41, 5.74) is 8.00. The Bertz CT molecular complexity index is 330. The molecule has 1 aliphatic rings. The van der Waals surface area contributed by atoms with Gasteiger partial charge in [0.2, 0.25) is 0 Å². The average Bonchev–Trinajstić information content (AvgIpc) is 2.98. The zero-order valence-electron chi connectivity index (χ0n) is 9.96. The molecule has 1 heteroatoms. The maximum atomic E-state index is 6.31. The van der Waals surface area contributed by atoms with E-state index in [2.05, 4.69) is 51.1 Å². The molecule has 82 valence electrons. The van der Waals surface area contributed by atoms with Crippen LogP contribution in [0.25, 0.3) is 0 Å². The van der Waals surface area contributed by atoms with Crippen molar-refractivity contribution in [2.45, 2.75) is 45.1 Å². The summed E-state index contributed by atoms with van der Waals surface area (Å²) in [6.07, 6.45) is 2.54. The normalized spacial score (nSPS) is 21.1. The van der Waals surface area contributed by atoms with E-state index < -0.39 is 0 Å². The molecule has 0 heterocycles. The molecular formula is C14H21N. The molecule has 1 aliphatic carbocycles. The van der Waals surface area contributed by atoms with Gasteiger partial charge in [0.15, 0.2) is 0 Å². The highest BCUT2D eigenvalue weighted by atomic mass is 14.8. The minimum Gasteiger partial charge on any atom is -0.325 e.